The molecule has 3 aromatic rings. The fourth-order valence-electron chi connectivity index (χ4n) is 1.63. The largest absolute Gasteiger partial charge is 0.264 e. The summed E-state index contributed by atoms with van der Waals surface area (Å²) in [6.45, 7) is 2.14. The summed E-state index contributed by atoms with van der Waals surface area (Å²) in [5.41, 5.74) is 0.714. The van der Waals surface area contributed by atoms with Gasteiger partial charge in [-0.3, -0.25) is 4.40 Å². The minimum Gasteiger partial charge on any atom is -0.264 e. The highest BCUT2D eigenvalue weighted by atomic mass is 35.5. The van der Waals surface area contributed by atoms with Gasteiger partial charge < -0.3 is 0 Å². The van der Waals surface area contributed by atoms with Crippen LogP contribution in [0.2, 0.25) is 5.15 Å². The second-order valence-corrected chi connectivity index (χ2v) is 5.14. The third-order valence-electron chi connectivity index (χ3n) is 2.50. The van der Waals surface area contributed by atoms with Gasteiger partial charge in [-0.15, -0.1) is 21.5 Å². The Morgan fingerprint density at radius 1 is 1.35 bits per heavy atom. The van der Waals surface area contributed by atoms with Gasteiger partial charge in [0.25, 0.3) is 0 Å². The zero-order chi connectivity index (χ0) is 11.8. The maximum atomic E-state index is 5.81. The molecular formula is C11H9ClN4S. The van der Waals surface area contributed by atoms with Crippen molar-refractivity contribution in [2.75, 3.05) is 0 Å². The third kappa shape index (κ3) is 1.81. The van der Waals surface area contributed by atoms with Gasteiger partial charge in [-0.1, -0.05) is 18.5 Å². The second-order valence-electron chi connectivity index (χ2n) is 3.58. The molecule has 0 spiro atoms. The van der Waals surface area contributed by atoms with E-state index in [2.05, 4.69) is 34.2 Å². The molecule has 86 valence electrons. The molecule has 4 nitrogen and oxygen atoms in total. The minimum absolute atomic E-state index is 0.428. The van der Waals surface area contributed by atoms with E-state index in [9.17, 15) is 0 Å². The van der Waals surface area contributed by atoms with E-state index in [1.54, 1.807) is 23.7 Å². The zero-order valence-electron chi connectivity index (χ0n) is 9.09. The molecule has 0 aromatic carbocycles. The highest BCUT2D eigenvalue weighted by Gasteiger charge is 2.10. The van der Waals surface area contributed by atoms with Crippen LogP contribution in [0.4, 0.5) is 0 Å². The minimum atomic E-state index is 0.428. The Bertz CT molecular complexity index is 673. The number of fused-ring (bicyclic) bond motifs is 1. The average Bonchev–Trinajstić information content (AvgIpc) is 2.93. The molecule has 0 N–H and O–H groups in total. The maximum Gasteiger partial charge on any atom is 0.179 e. The summed E-state index contributed by atoms with van der Waals surface area (Å²) in [5, 5.41) is 8.69. The molecule has 0 saturated carbocycles. The van der Waals surface area contributed by atoms with Crippen LogP contribution in [0.25, 0.3) is 16.3 Å². The van der Waals surface area contributed by atoms with Crippen LogP contribution in [-0.2, 0) is 6.42 Å². The number of aryl methyl sites for hydroxylation is 1. The van der Waals surface area contributed by atoms with Crippen LogP contribution in [0, 0.1) is 0 Å². The van der Waals surface area contributed by atoms with Gasteiger partial charge in [0.05, 0.1) is 4.88 Å². The number of halogens is 1. The number of thiophene rings is 1. The monoisotopic (exact) mass is 264 g/mol. The van der Waals surface area contributed by atoms with Crippen molar-refractivity contribution < 1.29 is 0 Å². The average molecular weight is 265 g/mol. The Morgan fingerprint density at radius 3 is 3.00 bits per heavy atom. The first kappa shape index (κ1) is 10.7. The van der Waals surface area contributed by atoms with Gasteiger partial charge >= 0.3 is 0 Å². The van der Waals surface area contributed by atoms with Crippen LogP contribution < -0.4 is 0 Å². The summed E-state index contributed by atoms with van der Waals surface area (Å²) in [6.07, 6.45) is 2.68. The lowest BCUT2D eigenvalue weighted by Gasteiger charge is -1.95. The topological polar surface area (TPSA) is 43.1 Å². The van der Waals surface area contributed by atoms with Gasteiger partial charge in [0, 0.05) is 10.9 Å². The molecule has 0 atom stereocenters. The molecule has 6 heteroatoms. The van der Waals surface area contributed by atoms with Crippen molar-refractivity contribution in [3.8, 4) is 10.7 Å². The van der Waals surface area contributed by atoms with Crippen LogP contribution in [0.5, 0.6) is 0 Å². The van der Waals surface area contributed by atoms with Gasteiger partial charge in [-0.05, 0) is 18.6 Å². The number of hydrogen-bond donors (Lipinski definition) is 0. The van der Waals surface area contributed by atoms with Crippen LogP contribution in [-0.4, -0.2) is 19.6 Å². The second kappa shape index (κ2) is 4.09. The lowest BCUT2D eigenvalue weighted by atomic mass is 10.3. The molecule has 0 aliphatic heterocycles. The quantitative estimate of drug-likeness (QED) is 0.668. The van der Waals surface area contributed by atoms with E-state index in [1.807, 2.05) is 4.40 Å². The highest BCUT2D eigenvalue weighted by Crippen LogP contribution is 2.27. The predicted octanol–water partition coefficient (Wildman–Crippen LogP) is 3.07. The summed E-state index contributed by atoms with van der Waals surface area (Å²) >= 11 is 7.54. The molecule has 0 radical (unpaired) electrons. The zero-order valence-corrected chi connectivity index (χ0v) is 10.7. The van der Waals surface area contributed by atoms with Gasteiger partial charge in [0.15, 0.2) is 11.5 Å². The molecule has 0 aliphatic carbocycles. The first-order valence-corrected chi connectivity index (χ1v) is 6.42. The van der Waals surface area contributed by atoms with Gasteiger partial charge in [0.2, 0.25) is 0 Å². The summed E-state index contributed by atoms with van der Waals surface area (Å²) in [7, 11) is 0. The van der Waals surface area contributed by atoms with E-state index >= 15 is 0 Å². The normalized spacial score (nSPS) is 11.2. The molecule has 0 saturated heterocycles. The lowest BCUT2D eigenvalue weighted by Crippen LogP contribution is -1.89. The number of rotatable bonds is 2. The van der Waals surface area contributed by atoms with Crippen LogP contribution in [0.15, 0.2) is 24.5 Å². The van der Waals surface area contributed by atoms with Gasteiger partial charge in [-0.25, -0.2) is 4.98 Å². The molecule has 0 unspecified atom stereocenters. The molecule has 3 heterocycles. The SMILES string of the molecule is CCc1ccc(-c2nnc3cc(Cl)ncn23)s1. The van der Waals surface area contributed by atoms with Crippen molar-refractivity contribution in [3.63, 3.8) is 0 Å². The number of aromatic nitrogens is 4. The lowest BCUT2D eigenvalue weighted by molar-refractivity contribution is 1.08. The standard InChI is InChI=1S/C11H9ClN4S/c1-2-7-3-4-8(17-7)11-15-14-10-5-9(12)13-6-16(10)11/h3-6H,2H2,1H3. The van der Waals surface area contributed by atoms with Crippen molar-refractivity contribution in [3.05, 3.63) is 34.6 Å². The van der Waals surface area contributed by atoms with Crippen molar-refractivity contribution >= 4 is 28.6 Å². The summed E-state index contributed by atoms with van der Waals surface area (Å²) in [4.78, 5) is 6.47. The Kier molecular flexibility index (Phi) is 2.57. The molecule has 3 aromatic heterocycles. The fourth-order valence-corrected chi connectivity index (χ4v) is 2.70. The van der Waals surface area contributed by atoms with Gasteiger partial charge in [-0.2, -0.15) is 0 Å². The van der Waals surface area contributed by atoms with Crippen molar-refractivity contribution in [2.45, 2.75) is 13.3 Å². The van der Waals surface area contributed by atoms with Crippen molar-refractivity contribution in [2.24, 2.45) is 0 Å². The maximum absolute atomic E-state index is 5.81. The molecule has 17 heavy (non-hydrogen) atoms. The molecule has 0 bridgehead atoms. The molecule has 3 rings (SSSR count). The van der Waals surface area contributed by atoms with E-state index in [1.165, 1.54) is 4.88 Å². The van der Waals surface area contributed by atoms with E-state index in [-0.39, 0.29) is 0 Å². The van der Waals surface area contributed by atoms with E-state index in [0.717, 1.165) is 17.1 Å². The molecule has 0 fully saturated rings. The van der Waals surface area contributed by atoms with E-state index in [4.69, 9.17) is 11.6 Å². The molecule has 0 aliphatic rings. The van der Waals surface area contributed by atoms with E-state index in [0.29, 0.717) is 10.8 Å². The summed E-state index contributed by atoms with van der Waals surface area (Å²) in [6, 6.07) is 5.88. The molecular weight excluding hydrogens is 256 g/mol. The predicted molar refractivity (Wildman–Crippen MR) is 68.5 cm³/mol. The Labute approximate surface area is 107 Å². The van der Waals surface area contributed by atoms with Crippen molar-refractivity contribution in [1.82, 2.24) is 19.6 Å². The molecule has 0 amide bonds. The third-order valence-corrected chi connectivity index (χ3v) is 3.93. The smallest absolute Gasteiger partial charge is 0.179 e. The Balaban J connectivity index is 2.17. The van der Waals surface area contributed by atoms with Crippen molar-refractivity contribution in [1.29, 1.82) is 0 Å². The van der Waals surface area contributed by atoms with Gasteiger partial charge in [0.1, 0.15) is 11.5 Å². The summed E-state index contributed by atoms with van der Waals surface area (Å²) in [5.74, 6) is 0.814. The fraction of sp³-hybridized carbons (Fsp3) is 0.182. The first-order valence-electron chi connectivity index (χ1n) is 5.23. The highest BCUT2D eigenvalue weighted by molar-refractivity contribution is 7.15. The van der Waals surface area contributed by atoms with Crippen LogP contribution in [0.3, 0.4) is 0 Å². The number of hydrogen-bond acceptors (Lipinski definition) is 4. The number of nitrogens with zero attached hydrogens (tertiary/aromatic N) is 4. The Morgan fingerprint density at radius 2 is 2.24 bits per heavy atom. The van der Waals surface area contributed by atoms with E-state index < -0.39 is 0 Å². The Hall–Kier alpha value is -1.46. The van der Waals surface area contributed by atoms with Crippen LogP contribution in [0.1, 0.15) is 11.8 Å². The van der Waals surface area contributed by atoms with Crippen LogP contribution >= 0.6 is 22.9 Å². The summed E-state index contributed by atoms with van der Waals surface area (Å²) < 4.78 is 1.84. The first-order chi connectivity index (χ1) is 8.28.